The summed E-state index contributed by atoms with van der Waals surface area (Å²) in [5, 5.41) is 2.70. The Morgan fingerprint density at radius 2 is 2.04 bits per heavy atom. The van der Waals surface area contributed by atoms with Crippen LogP contribution in [0.2, 0.25) is 5.15 Å². The number of nitrogens with zero attached hydrogens (tertiary/aromatic N) is 1. The Hall–Kier alpha value is -2.80. The summed E-state index contributed by atoms with van der Waals surface area (Å²) in [6, 6.07) is 10.2. The number of carbonyl (C=O) groups is 2. The van der Waals surface area contributed by atoms with E-state index >= 15 is 0 Å². The minimum Gasteiger partial charge on any atom is -0.485 e. The van der Waals surface area contributed by atoms with Crippen molar-refractivity contribution in [2.24, 2.45) is 0 Å². The molecular formula is C17H15ClN2O5. The summed E-state index contributed by atoms with van der Waals surface area (Å²) in [6.07, 6.45) is -0.476. The number of amides is 1. The Labute approximate surface area is 148 Å². The van der Waals surface area contributed by atoms with Crippen LogP contribution in [0.1, 0.15) is 6.92 Å². The van der Waals surface area contributed by atoms with Crippen LogP contribution >= 0.6 is 11.6 Å². The maximum atomic E-state index is 12.2. The quantitative estimate of drug-likeness (QED) is 0.664. The number of benzene rings is 1. The van der Waals surface area contributed by atoms with Crippen LogP contribution in [0.15, 0.2) is 42.6 Å². The topological polar surface area (TPSA) is 86.8 Å². The van der Waals surface area contributed by atoms with Crippen molar-refractivity contribution >= 4 is 29.2 Å². The normalized spacial score (nSPS) is 16.6. The van der Waals surface area contributed by atoms with Crippen molar-refractivity contribution in [3.8, 4) is 11.5 Å². The molecule has 2 aromatic rings. The number of anilines is 1. The second-order valence-corrected chi connectivity index (χ2v) is 5.63. The molecule has 8 heteroatoms. The lowest BCUT2D eigenvalue weighted by Gasteiger charge is -2.25. The summed E-state index contributed by atoms with van der Waals surface area (Å²) in [4.78, 5) is 28.2. The van der Waals surface area contributed by atoms with Gasteiger partial charge in [0.05, 0.1) is 5.69 Å². The number of hydrogen-bond acceptors (Lipinski definition) is 6. The minimum absolute atomic E-state index is 0.0125. The first-order chi connectivity index (χ1) is 12.0. The van der Waals surface area contributed by atoms with Crippen LogP contribution in [0.4, 0.5) is 5.69 Å². The molecule has 1 aliphatic heterocycles. The van der Waals surface area contributed by atoms with Gasteiger partial charge in [-0.05, 0) is 31.2 Å². The SMILES string of the molecule is C[C@@H](OC(=O)[C@@H]1COc2ccccc2O1)C(=O)Nc1cccnc1Cl. The zero-order chi connectivity index (χ0) is 17.8. The molecule has 1 N–H and O–H groups in total. The van der Waals surface area contributed by atoms with Gasteiger partial charge in [0.15, 0.2) is 22.8 Å². The molecule has 1 aromatic carbocycles. The van der Waals surface area contributed by atoms with Crippen molar-refractivity contribution in [1.29, 1.82) is 0 Å². The van der Waals surface area contributed by atoms with E-state index in [4.69, 9.17) is 25.8 Å². The first-order valence-corrected chi connectivity index (χ1v) is 7.93. The summed E-state index contributed by atoms with van der Waals surface area (Å²) in [5.41, 5.74) is 0.336. The van der Waals surface area contributed by atoms with Gasteiger partial charge < -0.3 is 19.5 Å². The molecule has 0 unspecified atom stereocenters. The van der Waals surface area contributed by atoms with Gasteiger partial charge in [0.1, 0.15) is 6.61 Å². The van der Waals surface area contributed by atoms with E-state index in [1.807, 2.05) is 0 Å². The molecule has 0 spiro atoms. The molecule has 0 radical (unpaired) electrons. The number of aromatic nitrogens is 1. The van der Waals surface area contributed by atoms with E-state index in [0.717, 1.165) is 0 Å². The summed E-state index contributed by atoms with van der Waals surface area (Å²) >= 11 is 5.88. The summed E-state index contributed by atoms with van der Waals surface area (Å²) < 4.78 is 16.2. The number of carbonyl (C=O) groups excluding carboxylic acids is 2. The third-order valence-corrected chi connectivity index (χ3v) is 3.75. The average Bonchev–Trinajstić information content (AvgIpc) is 2.63. The maximum absolute atomic E-state index is 12.2. The molecule has 0 fully saturated rings. The lowest BCUT2D eigenvalue weighted by Crippen LogP contribution is -2.41. The third kappa shape index (κ3) is 4.00. The number of ether oxygens (including phenoxy) is 3. The molecule has 1 aliphatic rings. The van der Waals surface area contributed by atoms with Crippen LogP contribution in [0.5, 0.6) is 11.5 Å². The van der Waals surface area contributed by atoms with Crippen LogP contribution in [-0.4, -0.2) is 35.7 Å². The maximum Gasteiger partial charge on any atom is 0.351 e. The highest BCUT2D eigenvalue weighted by molar-refractivity contribution is 6.32. The summed E-state index contributed by atoms with van der Waals surface area (Å²) in [7, 11) is 0. The van der Waals surface area contributed by atoms with E-state index in [1.54, 1.807) is 36.4 Å². The molecule has 0 saturated heterocycles. The fourth-order valence-electron chi connectivity index (χ4n) is 2.15. The Morgan fingerprint density at radius 3 is 2.80 bits per heavy atom. The molecule has 2 heterocycles. The number of esters is 1. The number of rotatable bonds is 4. The van der Waals surface area contributed by atoms with Crippen molar-refractivity contribution in [1.82, 2.24) is 4.98 Å². The van der Waals surface area contributed by atoms with Gasteiger partial charge in [-0.25, -0.2) is 9.78 Å². The number of hydrogen-bond donors (Lipinski definition) is 1. The van der Waals surface area contributed by atoms with Crippen molar-refractivity contribution in [2.45, 2.75) is 19.1 Å². The number of nitrogens with one attached hydrogen (secondary N) is 1. The Balaban J connectivity index is 1.57. The van der Waals surface area contributed by atoms with Crippen LogP contribution in [0.3, 0.4) is 0 Å². The molecule has 0 aliphatic carbocycles. The fourth-order valence-corrected chi connectivity index (χ4v) is 2.32. The molecule has 3 rings (SSSR count). The van der Waals surface area contributed by atoms with Gasteiger partial charge in [-0.15, -0.1) is 0 Å². The fraction of sp³-hybridized carbons (Fsp3) is 0.235. The highest BCUT2D eigenvalue weighted by atomic mass is 35.5. The van der Waals surface area contributed by atoms with Gasteiger partial charge in [0.25, 0.3) is 5.91 Å². The minimum atomic E-state index is -1.04. The zero-order valence-corrected chi connectivity index (χ0v) is 14.0. The van der Waals surface area contributed by atoms with E-state index < -0.39 is 24.1 Å². The highest BCUT2D eigenvalue weighted by Crippen LogP contribution is 2.31. The predicted octanol–water partition coefficient (Wildman–Crippen LogP) is 2.45. The van der Waals surface area contributed by atoms with Crippen LogP contribution in [-0.2, 0) is 14.3 Å². The molecule has 1 amide bonds. The van der Waals surface area contributed by atoms with E-state index in [-0.39, 0.29) is 11.8 Å². The van der Waals surface area contributed by atoms with Crippen molar-refractivity contribution in [3.05, 3.63) is 47.7 Å². The van der Waals surface area contributed by atoms with E-state index in [1.165, 1.54) is 13.1 Å². The smallest absolute Gasteiger partial charge is 0.351 e. The molecule has 130 valence electrons. The van der Waals surface area contributed by atoms with Gasteiger partial charge in [0, 0.05) is 6.20 Å². The van der Waals surface area contributed by atoms with Crippen molar-refractivity contribution in [3.63, 3.8) is 0 Å². The first-order valence-electron chi connectivity index (χ1n) is 7.55. The Kier molecular flexibility index (Phi) is 5.04. The van der Waals surface area contributed by atoms with E-state index in [2.05, 4.69) is 10.3 Å². The summed E-state index contributed by atoms with van der Waals surface area (Å²) in [5.74, 6) is -0.201. The number of pyridine rings is 1. The largest absolute Gasteiger partial charge is 0.485 e. The van der Waals surface area contributed by atoms with Gasteiger partial charge in [-0.2, -0.15) is 0 Å². The monoisotopic (exact) mass is 362 g/mol. The zero-order valence-electron chi connectivity index (χ0n) is 13.3. The summed E-state index contributed by atoms with van der Waals surface area (Å²) in [6.45, 7) is 1.47. The number of halogens is 1. The molecule has 2 atom stereocenters. The molecular weight excluding hydrogens is 348 g/mol. The van der Waals surface area contributed by atoms with Gasteiger partial charge in [-0.3, -0.25) is 4.79 Å². The van der Waals surface area contributed by atoms with Crippen molar-refractivity contribution in [2.75, 3.05) is 11.9 Å². The second-order valence-electron chi connectivity index (χ2n) is 5.27. The molecule has 0 saturated carbocycles. The third-order valence-electron chi connectivity index (χ3n) is 3.45. The van der Waals surface area contributed by atoms with Crippen LogP contribution in [0.25, 0.3) is 0 Å². The lowest BCUT2D eigenvalue weighted by atomic mass is 10.2. The van der Waals surface area contributed by atoms with E-state index in [9.17, 15) is 9.59 Å². The van der Waals surface area contributed by atoms with Gasteiger partial charge >= 0.3 is 5.97 Å². The van der Waals surface area contributed by atoms with Crippen molar-refractivity contribution < 1.29 is 23.8 Å². The molecule has 1 aromatic heterocycles. The van der Waals surface area contributed by atoms with Gasteiger partial charge in [0.2, 0.25) is 6.10 Å². The standard InChI is InChI=1S/C17H15ClN2O5/c1-10(16(21)20-11-5-4-8-19-15(11)18)24-17(22)14-9-23-12-6-2-3-7-13(12)25-14/h2-8,10,14H,9H2,1H3,(H,20,21)/t10-,14+/m1/s1. The Bertz CT molecular complexity index is 798. The Morgan fingerprint density at radius 1 is 1.28 bits per heavy atom. The number of para-hydroxylation sites is 2. The average molecular weight is 363 g/mol. The first kappa shape index (κ1) is 17.0. The van der Waals surface area contributed by atoms with Crippen LogP contribution in [0, 0.1) is 0 Å². The number of fused-ring (bicyclic) bond motifs is 1. The molecule has 7 nitrogen and oxygen atoms in total. The molecule has 25 heavy (non-hydrogen) atoms. The predicted molar refractivity (Wildman–Crippen MR) is 89.8 cm³/mol. The highest BCUT2D eigenvalue weighted by Gasteiger charge is 2.31. The van der Waals surface area contributed by atoms with Crippen LogP contribution < -0.4 is 14.8 Å². The lowest BCUT2D eigenvalue weighted by molar-refractivity contribution is -0.162. The second kappa shape index (κ2) is 7.40. The van der Waals surface area contributed by atoms with E-state index in [0.29, 0.717) is 17.2 Å². The molecule has 0 bridgehead atoms. The van der Waals surface area contributed by atoms with Gasteiger partial charge in [-0.1, -0.05) is 23.7 Å².